The number of aromatic amines is 1. The molecule has 288 valence electrons. The first kappa shape index (κ1) is 41.6. The van der Waals surface area contributed by atoms with Crippen LogP contribution in [0.25, 0.3) is 10.9 Å². The number of carboxylic acid groups (broad SMARTS) is 2. The van der Waals surface area contributed by atoms with E-state index in [-0.39, 0.29) is 74.0 Å². The van der Waals surface area contributed by atoms with Gasteiger partial charge >= 0.3 is 11.9 Å². The van der Waals surface area contributed by atoms with Crippen molar-refractivity contribution in [2.24, 2.45) is 5.92 Å². The Morgan fingerprint density at radius 1 is 1.07 bits per heavy atom. The number of aryl methyl sites for hydroxylation is 1. The minimum atomic E-state index is -2.30. The number of ketones is 1. The van der Waals surface area contributed by atoms with E-state index >= 15 is 0 Å². The SMILES string of the molecule is C#CCC(c1ccc(C(=O)N[C@@H](CCC(=O)C[C@H](CCC(=O)O)C(=O)NCCC[Si](C)(C)O)C(=O)O)cc1)[C@H]1CCc2cc3nc(CO)[nH]c(=O)c3cc21. The number of aliphatic hydroxyl groups excluding tert-OH is 1. The monoisotopic (exact) mass is 760 g/mol. The normalized spacial score (nSPS) is 15.4. The molecule has 1 aliphatic carbocycles. The molecule has 0 spiro atoms. The molecule has 1 heterocycles. The molecule has 1 aliphatic rings. The molecule has 4 atom stereocenters. The minimum absolute atomic E-state index is 0.0130. The fraction of sp³-hybridized carbons (Fsp3) is 0.462. The molecular formula is C39H48N4O10Si. The van der Waals surface area contributed by atoms with Crippen LogP contribution in [0.4, 0.5) is 0 Å². The van der Waals surface area contributed by atoms with Crippen LogP contribution < -0.4 is 16.2 Å². The second-order valence-electron chi connectivity index (χ2n) is 14.5. The average molecular weight is 761 g/mol. The van der Waals surface area contributed by atoms with Gasteiger partial charge in [0.25, 0.3) is 11.5 Å². The first-order chi connectivity index (χ1) is 25.6. The summed E-state index contributed by atoms with van der Waals surface area (Å²) in [6.07, 6.45) is 7.08. The summed E-state index contributed by atoms with van der Waals surface area (Å²) in [4.78, 5) is 91.8. The highest BCUT2D eigenvalue weighted by Crippen LogP contribution is 2.45. The molecule has 2 aromatic carbocycles. The lowest BCUT2D eigenvalue weighted by atomic mass is 9.80. The fourth-order valence-electron chi connectivity index (χ4n) is 7.00. The highest BCUT2D eigenvalue weighted by Gasteiger charge is 2.32. The summed E-state index contributed by atoms with van der Waals surface area (Å²) in [5.41, 5.74) is 3.27. The van der Waals surface area contributed by atoms with E-state index in [1.54, 1.807) is 37.4 Å². The van der Waals surface area contributed by atoms with Gasteiger partial charge in [-0.2, -0.15) is 0 Å². The molecule has 0 bridgehead atoms. The van der Waals surface area contributed by atoms with Crippen LogP contribution >= 0.6 is 0 Å². The third-order valence-corrected chi connectivity index (χ3v) is 11.4. The van der Waals surface area contributed by atoms with Crippen LogP contribution in [0.3, 0.4) is 0 Å². The van der Waals surface area contributed by atoms with E-state index < -0.39 is 49.8 Å². The van der Waals surface area contributed by atoms with Gasteiger partial charge in [0, 0.05) is 49.6 Å². The number of benzene rings is 2. The quantitative estimate of drug-likeness (QED) is 0.0501. The highest BCUT2D eigenvalue weighted by molar-refractivity contribution is 6.69. The number of carboxylic acids is 2. The van der Waals surface area contributed by atoms with Gasteiger partial charge in [0.15, 0.2) is 8.32 Å². The Labute approximate surface area is 313 Å². The summed E-state index contributed by atoms with van der Waals surface area (Å²) in [5.74, 6) is -2.16. The number of carbonyl (C=O) groups excluding carboxylic acids is 3. The molecule has 0 saturated heterocycles. The van der Waals surface area contributed by atoms with Crippen molar-refractivity contribution in [1.29, 1.82) is 0 Å². The Balaban J connectivity index is 1.39. The van der Waals surface area contributed by atoms with E-state index in [4.69, 9.17) is 11.5 Å². The van der Waals surface area contributed by atoms with Crippen LogP contribution in [0.15, 0.2) is 41.2 Å². The lowest BCUT2D eigenvalue weighted by Crippen LogP contribution is -2.41. The molecule has 1 aromatic heterocycles. The summed E-state index contributed by atoms with van der Waals surface area (Å²) in [5, 5.41) is 34.0. The Morgan fingerprint density at radius 3 is 2.43 bits per heavy atom. The molecule has 54 heavy (non-hydrogen) atoms. The Kier molecular flexibility index (Phi) is 14.4. The number of aliphatic hydroxyl groups is 1. The molecule has 15 heteroatoms. The number of nitrogens with one attached hydrogen (secondary N) is 3. The predicted molar refractivity (Wildman–Crippen MR) is 202 cm³/mol. The number of nitrogens with zero attached hydrogens (tertiary/aromatic N) is 1. The van der Waals surface area contributed by atoms with E-state index in [2.05, 4.69) is 26.5 Å². The third kappa shape index (κ3) is 11.4. The Morgan fingerprint density at radius 2 is 1.80 bits per heavy atom. The van der Waals surface area contributed by atoms with Gasteiger partial charge in [-0.15, -0.1) is 12.3 Å². The topological polar surface area (TPSA) is 236 Å². The number of terminal acetylenes is 1. The second-order valence-corrected chi connectivity index (χ2v) is 18.6. The van der Waals surface area contributed by atoms with Crippen molar-refractivity contribution in [1.82, 2.24) is 20.6 Å². The highest BCUT2D eigenvalue weighted by atomic mass is 28.4. The van der Waals surface area contributed by atoms with Crippen LogP contribution in [0.1, 0.15) is 96.1 Å². The van der Waals surface area contributed by atoms with E-state index in [0.717, 1.165) is 29.5 Å². The van der Waals surface area contributed by atoms with Crippen LogP contribution in [0, 0.1) is 18.3 Å². The molecule has 0 aliphatic heterocycles. The minimum Gasteiger partial charge on any atom is -0.481 e. The number of fused-ring (bicyclic) bond motifs is 2. The number of aromatic nitrogens is 2. The standard InChI is InChI=1S/C39H48N4O10Si/c1-4-6-28(29-14-11-25-20-33-31(21-30(25)29)38(50)43-34(22-44)41-33)23-7-9-24(10-8-23)37(49)42-32(39(51)52)15-13-27(45)19-26(12-16-35(46)47)36(48)40-17-5-18-54(2,3)53/h1,7-10,20-21,26,28-29,32,44,53H,5-6,11-19,22H2,2-3H3,(H,40,48)(H,42,49)(H,46,47)(H,51,52)(H,41,43,50)/t26-,28?,29+,32-/m0/s1. The van der Waals surface area contributed by atoms with Crippen molar-refractivity contribution < 1.29 is 44.1 Å². The van der Waals surface area contributed by atoms with Gasteiger partial charge in [0.2, 0.25) is 5.91 Å². The maximum Gasteiger partial charge on any atom is 0.326 e. The maximum atomic E-state index is 13.2. The summed E-state index contributed by atoms with van der Waals surface area (Å²) in [6.45, 7) is 3.45. The van der Waals surface area contributed by atoms with Crippen molar-refractivity contribution in [2.75, 3.05) is 6.54 Å². The second kappa shape index (κ2) is 18.7. The van der Waals surface area contributed by atoms with Crippen LogP contribution in [-0.2, 0) is 32.2 Å². The van der Waals surface area contributed by atoms with Gasteiger partial charge < -0.3 is 35.7 Å². The van der Waals surface area contributed by atoms with Gasteiger partial charge in [-0.1, -0.05) is 12.1 Å². The van der Waals surface area contributed by atoms with E-state index in [9.17, 15) is 43.8 Å². The first-order valence-corrected chi connectivity index (χ1v) is 21.2. The number of H-pyrrole nitrogens is 1. The smallest absolute Gasteiger partial charge is 0.326 e. The summed E-state index contributed by atoms with van der Waals surface area (Å²) in [6, 6.07) is 9.58. The van der Waals surface area contributed by atoms with E-state index in [1.807, 2.05) is 12.1 Å². The maximum absolute atomic E-state index is 13.2. The van der Waals surface area contributed by atoms with Crippen molar-refractivity contribution in [2.45, 2.75) is 101 Å². The fourth-order valence-corrected chi connectivity index (χ4v) is 8.04. The molecule has 14 nitrogen and oxygen atoms in total. The predicted octanol–water partition coefficient (Wildman–Crippen LogP) is 3.36. The number of rotatable bonds is 20. The van der Waals surface area contributed by atoms with Crippen LogP contribution in [0.2, 0.25) is 19.1 Å². The number of carbonyl (C=O) groups is 5. The van der Waals surface area contributed by atoms with Gasteiger partial charge in [-0.3, -0.25) is 24.0 Å². The van der Waals surface area contributed by atoms with E-state index in [1.165, 1.54) is 0 Å². The molecule has 2 amide bonds. The number of Topliss-reactive ketones (excluding diaryl/α,β-unsaturated/α-hetero) is 1. The molecule has 0 fully saturated rings. The van der Waals surface area contributed by atoms with Crippen molar-refractivity contribution >= 4 is 48.8 Å². The summed E-state index contributed by atoms with van der Waals surface area (Å²) < 4.78 is 0. The largest absolute Gasteiger partial charge is 0.481 e. The zero-order valence-corrected chi connectivity index (χ0v) is 31.5. The molecule has 1 unspecified atom stereocenters. The number of hydrogen-bond donors (Lipinski definition) is 7. The average Bonchev–Trinajstić information content (AvgIpc) is 3.53. The number of aliphatic carboxylic acids is 2. The number of hydrogen-bond acceptors (Lipinski definition) is 9. The van der Waals surface area contributed by atoms with Crippen LogP contribution in [0.5, 0.6) is 0 Å². The van der Waals surface area contributed by atoms with E-state index in [0.29, 0.717) is 29.8 Å². The summed E-state index contributed by atoms with van der Waals surface area (Å²) in [7, 11) is -2.30. The van der Waals surface area contributed by atoms with Crippen molar-refractivity contribution in [3.05, 3.63) is 74.8 Å². The lowest BCUT2D eigenvalue weighted by Gasteiger charge is -2.24. The van der Waals surface area contributed by atoms with Crippen LogP contribution in [-0.4, -0.2) is 80.5 Å². The zero-order valence-electron chi connectivity index (χ0n) is 30.5. The van der Waals surface area contributed by atoms with Gasteiger partial charge in [0.05, 0.1) is 10.9 Å². The summed E-state index contributed by atoms with van der Waals surface area (Å²) >= 11 is 0. The first-order valence-electron chi connectivity index (χ1n) is 18.1. The van der Waals surface area contributed by atoms with Gasteiger partial charge in [-0.25, -0.2) is 9.78 Å². The van der Waals surface area contributed by atoms with Crippen molar-refractivity contribution in [3.8, 4) is 12.3 Å². The molecular weight excluding hydrogens is 713 g/mol. The Hall–Kier alpha value is -5.17. The molecule has 4 rings (SSSR count). The van der Waals surface area contributed by atoms with Gasteiger partial charge in [-0.05, 0) is 98.1 Å². The molecule has 0 radical (unpaired) electrons. The molecule has 3 aromatic rings. The molecule has 7 N–H and O–H groups in total. The Bertz CT molecular complexity index is 1970. The van der Waals surface area contributed by atoms with Crippen molar-refractivity contribution in [3.63, 3.8) is 0 Å². The van der Waals surface area contributed by atoms with Gasteiger partial charge in [0.1, 0.15) is 24.3 Å². The molecule has 0 saturated carbocycles. The zero-order chi connectivity index (χ0) is 39.6. The number of amides is 2. The third-order valence-electron chi connectivity index (χ3n) is 9.85. The lowest BCUT2D eigenvalue weighted by molar-refractivity contribution is -0.140.